The molecule has 0 radical (unpaired) electrons. The Morgan fingerprint density at radius 3 is 0.550 bits per heavy atom. The molecule has 49 nitrogen and oxygen atoms in total. The zero-order valence-electron chi connectivity index (χ0n) is 69.5. The molecule has 0 amide bonds. The first kappa shape index (κ1) is 111. The number of esters is 1. The van der Waals surface area contributed by atoms with Crippen molar-refractivity contribution in [2.24, 2.45) is 10.8 Å². The number of hydrogen-bond donors (Lipinski definition) is 6. The van der Waals surface area contributed by atoms with Crippen LogP contribution in [0.1, 0.15) is 83.1 Å². The summed E-state index contributed by atoms with van der Waals surface area (Å²) in [5.41, 5.74) is -3.15. The van der Waals surface area contributed by atoms with Gasteiger partial charge in [0.1, 0.15) is 156 Å². The molecule has 0 aliphatic rings. The average Bonchev–Trinajstić information content (AvgIpc) is 0.845. The van der Waals surface area contributed by atoms with Crippen molar-refractivity contribution >= 4 is 73.7 Å². The van der Waals surface area contributed by atoms with Crippen LogP contribution in [-0.2, 0) is 152 Å². The van der Waals surface area contributed by atoms with Crippen LogP contribution < -0.4 is 0 Å². The molecule has 698 valence electrons. The molecular weight excluding hydrogens is 1640 g/mol. The van der Waals surface area contributed by atoms with E-state index in [0.29, 0.717) is 0 Å². The van der Waals surface area contributed by atoms with Crippen LogP contribution in [0.2, 0.25) is 0 Å². The third-order valence-electron chi connectivity index (χ3n) is 13.2. The highest BCUT2D eigenvalue weighted by Gasteiger charge is 2.38. The molecule has 12 unspecified atom stereocenters. The summed E-state index contributed by atoms with van der Waals surface area (Å²) < 4.78 is 163. The van der Waals surface area contributed by atoms with E-state index < -0.39 is 323 Å². The highest BCUT2D eigenvalue weighted by atomic mass is 16.8. The van der Waals surface area contributed by atoms with Crippen LogP contribution in [0.15, 0.2) is 0 Å². The van der Waals surface area contributed by atoms with E-state index >= 15 is 0 Å². The van der Waals surface area contributed by atoms with Gasteiger partial charge in [-0.05, 0) is 83.1 Å². The summed E-state index contributed by atoms with van der Waals surface area (Å²) >= 11 is 0. The van der Waals surface area contributed by atoms with Gasteiger partial charge in [-0.3, -0.25) is 0 Å². The summed E-state index contributed by atoms with van der Waals surface area (Å²) in [6, 6.07) is 0. The van der Waals surface area contributed by atoms with Crippen molar-refractivity contribution in [3.8, 4) is 0 Å². The fourth-order valence-electron chi connectivity index (χ4n) is 7.86. The smallest absolute Gasteiger partial charge is 0.462 e. The fraction of sp³-hybridized carbons (Fsp3) is 0.831. The first-order valence-corrected chi connectivity index (χ1v) is 37.6. The first-order chi connectivity index (χ1) is 56.8. The highest BCUT2D eigenvalue weighted by molar-refractivity contribution is 5.70. The van der Waals surface area contributed by atoms with E-state index in [-0.39, 0.29) is 52.9 Å². The van der Waals surface area contributed by atoms with Gasteiger partial charge in [-0.15, -0.1) is 0 Å². The van der Waals surface area contributed by atoms with E-state index in [9.17, 15) is 88.2 Å². The molecule has 0 saturated heterocycles. The molecular formula is C71H120O49. The van der Waals surface area contributed by atoms with E-state index in [2.05, 4.69) is 0 Å². The van der Waals surface area contributed by atoms with Gasteiger partial charge in [0.15, 0.2) is 0 Å². The molecule has 0 rings (SSSR count). The highest BCUT2D eigenvalue weighted by Crippen LogP contribution is 2.26. The van der Waals surface area contributed by atoms with E-state index in [1.165, 1.54) is 83.1 Å². The Kier molecular flexibility index (Phi) is 62.4. The standard InChI is InChI=1S/C71H120O49/c1-46(72)25-104-64(84)115-52(7)31-96-37-58(78)98-19-13-90-38-70(39-91-14-20-99-59(79)110-32-53(8)116-65(85)105-26-47(2)73,40-92-15-21-100-60(80)111-33-54(9)117-66(86)106-27-48(3)74)44-97-45-71(41-93-16-22-101-61(81)112-34-55(10)118-67(87)107-28-49(4)75,42-94-17-23-102-62(82)113-35-56(11)119-68(88)108-29-50(5)76)43-95-18-24-103-63(83)114-36-57(12)120-69(89)109-30-51(6)77/h46-57,72-77H,13-45H2,1-12H3. The Hall–Kier alpha value is -9.12. The van der Waals surface area contributed by atoms with Crippen molar-refractivity contribution in [1.29, 1.82) is 0 Å². The van der Waals surface area contributed by atoms with Crippen molar-refractivity contribution in [3.63, 3.8) is 0 Å². The van der Waals surface area contributed by atoms with E-state index in [1.54, 1.807) is 0 Å². The molecule has 0 bridgehead atoms. The molecule has 0 aromatic carbocycles. The van der Waals surface area contributed by atoms with Crippen LogP contribution in [0.3, 0.4) is 0 Å². The topological polar surface area (TPSA) is 612 Å². The lowest BCUT2D eigenvalue weighted by atomic mass is 9.90. The SMILES string of the molecule is CC(O)COC(=O)OC(C)COCC(=O)OCCOCC(COCCOC(=O)OCC(C)OC(=O)OCC(C)O)(COCCOC(=O)OCC(C)OC(=O)OCC(C)O)COCC(COCCOC(=O)OCC(C)OC(=O)OCC(C)O)(COCCOC(=O)OCC(C)OC(=O)OCC(C)O)COCCOC(=O)OCC(C)OC(=O)OCC(C)O. The van der Waals surface area contributed by atoms with Gasteiger partial charge in [-0.25, -0.2) is 57.5 Å². The van der Waals surface area contributed by atoms with E-state index in [4.69, 9.17) is 147 Å². The molecule has 0 spiro atoms. The van der Waals surface area contributed by atoms with Gasteiger partial charge < -0.3 is 177 Å². The third-order valence-corrected chi connectivity index (χ3v) is 13.2. The lowest BCUT2D eigenvalue weighted by Crippen LogP contribution is -2.46. The Labute approximate surface area is 692 Å². The summed E-state index contributed by atoms with van der Waals surface area (Å²) in [6.07, 6.45) is -25.2. The Balaban J connectivity index is 7.59. The van der Waals surface area contributed by atoms with Crippen molar-refractivity contribution in [1.82, 2.24) is 0 Å². The number of aliphatic hydroxyl groups excluding tert-OH is 6. The van der Waals surface area contributed by atoms with Gasteiger partial charge in [0.05, 0.1) is 147 Å². The van der Waals surface area contributed by atoms with Crippen LogP contribution in [-0.4, -0.2) is 396 Å². The summed E-state index contributed by atoms with van der Waals surface area (Å²) in [7, 11) is 0. The molecule has 0 fully saturated rings. The first-order valence-electron chi connectivity index (χ1n) is 37.6. The molecule has 0 aromatic heterocycles. The minimum Gasteiger partial charge on any atom is -0.462 e. The molecule has 12 atom stereocenters. The van der Waals surface area contributed by atoms with Crippen molar-refractivity contribution in [3.05, 3.63) is 0 Å². The second kappa shape index (κ2) is 67.5. The minimum atomic E-state index is -1.58. The number of aliphatic hydroxyl groups is 6. The molecule has 0 saturated carbocycles. The Morgan fingerprint density at radius 2 is 0.358 bits per heavy atom. The monoisotopic (exact) mass is 1760 g/mol. The second-order valence-corrected chi connectivity index (χ2v) is 26.6. The van der Waals surface area contributed by atoms with Gasteiger partial charge in [0, 0.05) is 0 Å². The Bertz CT molecular complexity index is 2620. The number of carbonyl (C=O) groups is 12. The second-order valence-electron chi connectivity index (χ2n) is 26.6. The largest absolute Gasteiger partial charge is 0.508 e. The number of ether oxygens (including phenoxy) is 31. The number of rotatable bonds is 66. The number of carbonyl (C=O) groups excluding carboxylic acids is 12. The normalized spacial score (nSPS) is 15.1. The van der Waals surface area contributed by atoms with Gasteiger partial charge >= 0.3 is 73.7 Å². The average molecular weight is 1760 g/mol. The maximum absolute atomic E-state index is 12.8. The summed E-state index contributed by atoms with van der Waals surface area (Å²) in [5, 5.41) is 56.5. The molecule has 0 heterocycles. The van der Waals surface area contributed by atoms with Gasteiger partial charge in [0.2, 0.25) is 0 Å². The molecule has 0 aliphatic carbocycles. The summed E-state index contributed by atoms with van der Waals surface area (Å²) in [6.45, 7) is 1.72. The summed E-state index contributed by atoms with van der Waals surface area (Å²) in [5.74, 6) is -0.897. The lowest BCUT2D eigenvalue weighted by molar-refractivity contribution is -0.156. The van der Waals surface area contributed by atoms with Gasteiger partial charge in [-0.1, -0.05) is 0 Å². The van der Waals surface area contributed by atoms with E-state index in [0.717, 1.165) is 0 Å². The number of hydrogen-bond acceptors (Lipinski definition) is 49. The van der Waals surface area contributed by atoms with Crippen LogP contribution in [0.5, 0.6) is 0 Å². The zero-order chi connectivity index (χ0) is 90.1. The van der Waals surface area contributed by atoms with Gasteiger partial charge in [0.25, 0.3) is 0 Å². The van der Waals surface area contributed by atoms with Crippen LogP contribution >= 0.6 is 0 Å². The van der Waals surface area contributed by atoms with Crippen molar-refractivity contribution in [2.45, 2.75) is 156 Å². The van der Waals surface area contributed by atoms with Crippen LogP contribution in [0.25, 0.3) is 0 Å². The van der Waals surface area contributed by atoms with E-state index in [1.807, 2.05) is 0 Å². The maximum atomic E-state index is 12.8. The van der Waals surface area contributed by atoms with Crippen LogP contribution in [0.4, 0.5) is 52.7 Å². The fourth-order valence-corrected chi connectivity index (χ4v) is 7.86. The molecule has 49 heteroatoms. The third kappa shape index (κ3) is 66.7. The molecule has 6 N–H and O–H groups in total. The maximum Gasteiger partial charge on any atom is 0.508 e. The summed E-state index contributed by atoms with van der Waals surface area (Å²) in [4.78, 5) is 148. The lowest BCUT2D eigenvalue weighted by Gasteiger charge is -2.36. The Morgan fingerprint density at radius 1 is 0.192 bits per heavy atom. The van der Waals surface area contributed by atoms with Crippen LogP contribution in [0, 0.1) is 10.8 Å². The molecule has 120 heavy (non-hydrogen) atoms. The van der Waals surface area contributed by atoms with Crippen molar-refractivity contribution in [2.75, 3.05) is 218 Å². The van der Waals surface area contributed by atoms with Crippen molar-refractivity contribution < 1.29 is 235 Å². The zero-order valence-corrected chi connectivity index (χ0v) is 69.5. The minimum absolute atomic E-state index is 0.286. The quantitative estimate of drug-likeness (QED) is 0.0289. The molecule has 0 aromatic rings. The predicted octanol–water partition coefficient (Wildman–Crippen LogP) is 2.94. The molecule has 0 aliphatic heterocycles. The predicted molar refractivity (Wildman–Crippen MR) is 390 cm³/mol. The van der Waals surface area contributed by atoms with Gasteiger partial charge in [-0.2, -0.15) is 0 Å².